The Kier molecular flexibility index (Phi) is 6.70. The second-order valence-electron chi connectivity index (χ2n) is 9.79. The highest BCUT2D eigenvalue weighted by Crippen LogP contribution is 2.34. The van der Waals surface area contributed by atoms with E-state index in [-0.39, 0.29) is 47.8 Å². The molecule has 5 aromatic rings. The maximum Gasteiger partial charge on any atom is 0.269 e. The van der Waals surface area contributed by atoms with E-state index >= 15 is 4.39 Å². The fourth-order valence-electron chi connectivity index (χ4n) is 5.30. The molecule has 13 heteroatoms. The molecule has 3 N–H and O–H groups in total. The molecule has 2 amide bonds. The molecule has 6 rings (SSSR count). The number of imidazole rings is 1. The third-order valence-electron chi connectivity index (χ3n) is 7.24. The molecular formula is C28H22ClF2N7O3. The zero-order valence-electron chi connectivity index (χ0n) is 21.4. The van der Waals surface area contributed by atoms with Crippen LogP contribution >= 0.6 is 11.6 Å². The monoisotopic (exact) mass is 577 g/mol. The van der Waals surface area contributed by atoms with Gasteiger partial charge in [0.2, 0.25) is 5.91 Å². The van der Waals surface area contributed by atoms with Gasteiger partial charge in [-0.05, 0) is 11.6 Å². The zero-order chi connectivity index (χ0) is 28.8. The van der Waals surface area contributed by atoms with Crippen molar-refractivity contribution in [2.24, 2.45) is 5.73 Å². The molecule has 1 aliphatic heterocycles. The molecule has 0 bridgehead atoms. The van der Waals surface area contributed by atoms with E-state index in [2.05, 4.69) is 20.1 Å². The van der Waals surface area contributed by atoms with E-state index in [1.54, 1.807) is 30.3 Å². The molecule has 41 heavy (non-hydrogen) atoms. The molecule has 2 atom stereocenters. The number of rotatable bonds is 7. The average Bonchev–Trinajstić information content (AvgIpc) is 3.68. The lowest BCUT2D eigenvalue weighted by Gasteiger charge is -2.23. The molecule has 1 aliphatic rings. The third-order valence-corrected chi connectivity index (χ3v) is 7.64. The number of nitrogens with zero attached hydrogens (tertiary/aromatic N) is 5. The maximum absolute atomic E-state index is 15.7. The van der Waals surface area contributed by atoms with Crippen LogP contribution in [0.4, 0.5) is 8.78 Å². The Bertz CT molecular complexity index is 1850. The van der Waals surface area contributed by atoms with E-state index in [0.29, 0.717) is 27.6 Å². The number of para-hydroxylation sites is 1. The summed E-state index contributed by atoms with van der Waals surface area (Å²) in [6.07, 6.45) is 0.838. The first-order valence-corrected chi connectivity index (χ1v) is 13.1. The van der Waals surface area contributed by atoms with Gasteiger partial charge in [0.1, 0.15) is 24.1 Å². The number of H-pyrrole nitrogens is 1. The number of ketones is 1. The Morgan fingerprint density at radius 3 is 2.71 bits per heavy atom. The lowest BCUT2D eigenvalue weighted by atomic mass is 9.97. The van der Waals surface area contributed by atoms with E-state index in [1.165, 1.54) is 29.3 Å². The lowest BCUT2D eigenvalue weighted by Crippen LogP contribution is -2.43. The molecule has 2 aromatic carbocycles. The van der Waals surface area contributed by atoms with Crippen LogP contribution in [0.2, 0.25) is 5.02 Å². The summed E-state index contributed by atoms with van der Waals surface area (Å²) in [7, 11) is 0. The number of likely N-dealkylation sites (tertiary alicyclic amines) is 1. The number of aromatic nitrogens is 5. The van der Waals surface area contributed by atoms with Crippen molar-refractivity contribution in [1.82, 2.24) is 29.6 Å². The predicted molar refractivity (Wildman–Crippen MR) is 146 cm³/mol. The number of nitrogens with two attached hydrogens (primary N) is 1. The van der Waals surface area contributed by atoms with E-state index in [0.717, 1.165) is 4.90 Å². The Hall–Kier alpha value is -4.71. The third kappa shape index (κ3) is 4.69. The van der Waals surface area contributed by atoms with Gasteiger partial charge >= 0.3 is 0 Å². The zero-order valence-corrected chi connectivity index (χ0v) is 22.1. The average molecular weight is 578 g/mol. The van der Waals surface area contributed by atoms with Gasteiger partial charge in [0.15, 0.2) is 17.1 Å². The predicted octanol–water partition coefficient (Wildman–Crippen LogP) is 3.62. The molecule has 1 saturated heterocycles. The highest BCUT2D eigenvalue weighted by atomic mass is 35.5. The van der Waals surface area contributed by atoms with Crippen LogP contribution in [-0.4, -0.2) is 66.0 Å². The molecule has 0 saturated carbocycles. The number of aromatic amines is 1. The van der Waals surface area contributed by atoms with Crippen molar-refractivity contribution in [3.8, 4) is 11.1 Å². The molecule has 0 aliphatic carbocycles. The smallest absolute Gasteiger partial charge is 0.269 e. The molecule has 10 nitrogen and oxygen atoms in total. The Morgan fingerprint density at radius 2 is 1.90 bits per heavy atom. The number of alkyl halides is 1. The van der Waals surface area contributed by atoms with Crippen molar-refractivity contribution in [2.75, 3.05) is 6.54 Å². The van der Waals surface area contributed by atoms with E-state index in [1.807, 2.05) is 0 Å². The number of halogens is 3. The number of Topliss-reactive ketones (excluding diaryl/α,β-unsaturated/α-hetero) is 1. The van der Waals surface area contributed by atoms with Gasteiger partial charge in [0, 0.05) is 35.6 Å². The summed E-state index contributed by atoms with van der Waals surface area (Å²) in [5.41, 5.74) is 7.30. The highest BCUT2D eigenvalue weighted by molar-refractivity contribution is 6.37. The number of hydrogen-bond donors (Lipinski definition) is 2. The number of carbonyl (C=O) groups is 3. The van der Waals surface area contributed by atoms with Crippen LogP contribution in [0.25, 0.3) is 33.2 Å². The number of hydrogen-bond acceptors (Lipinski definition) is 6. The van der Waals surface area contributed by atoms with E-state index in [9.17, 15) is 18.8 Å². The van der Waals surface area contributed by atoms with Crippen LogP contribution in [0.15, 0.2) is 55.0 Å². The largest absolute Gasteiger partial charge is 0.364 e. The number of benzene rings is 2. The van der Waals surface area contributed by atoms with Gasteiger partial charge in [-0.1, -0.05) is 48.0 Å². The van der Waals surface area contributed by atoms with Gasteiger partial charge in [0.05, 0.1) is 29.5 Å². The van der Waals surface area contributed by atoms with Crippen molar-refractivity contribution in [1.29, 1.82) is 0 Å². The number of pyridine rings is 1. The number of amides is 2. The van der Waals surface area contributed by atoms with Crippen molar-refractivity contribution in [3.63, 3.8) is 0 Å². The van der Waals surface area contributed by atoms with Gasteiger partial charge in [-0.15, -0.1) is 0 Å². The summed E-state index contributed by atoms with van der Waals surface area (Å²) in [4.78, 5) is 50.8. The van der Waals surface area contributed by atoms with Gasteiger partial charge in [-0.25, -0.2) is 18.7 Å². The minimum atomic E-state index is -1.43. The summed E-state index contributed by atoms with van der Waals surface area (Å²) < 4.78 is 31.5. The molecule has 0 radical (unpaired) electrons. The number of primary amides is 1. The minimum absolute atomic E-state index is 0.00292. The summed E-state index contributed by atoms with van der Waals surface area (Å²) >= 11 is 6.48. The van der Waals surface area contributed by atoms with E-state index in [4.69, 9.17) is 17.3 Å². The SMILES string of the molecule is NC(=O)c1nn(CC(=O)N2C[C@H](F)C[C@H]2C(=O)Cc2cccc(-c3cnc4nc[nH]c4c3Cl)c2F)c2ccccc12. The quantitative estimate of drug-likeness (QED) is 0.303. The minimum Gasteiger partial charge on any atom is -0.364 e. The number of fused-ring (bicyclic) bond motifs is 2. The second kappa shape index (κ2) is 10.4. The van der Waals surface area contributed by atoms with Crippen LogP contribution in [-0.2, 0) is 22.6 Å². The first-order valence-electron chi connectivity index (χ1n) is 12.7. The lowest BCUT2D eigenvalue weighted by molar-refractivity contribution is -0.138. The molecule has 4 heterocycles. The van der Waals surface area contributed by atoms with Crippen molar-refractivity contribution in [3.05, 3.63) is 77.1 Å². The fourth-order valence-corrected chi connectivity index (χ4v) is 5.59. The highest BCUT2D eigenvalue weighted by Gasteiger charge is 2.40. The van der Waals surface area contributed by atoms with Crippen LogP contribution in [0.3, 0.4) is 0 Å². The number of nitrogens with one attached hydrogen (secondary N) is 1. The van der Waals surface area contributed by atoms with Gasteiger partial charge in [-0.2, -0.15) is 5.10 Å². The molecule has 0 spiro atoms. The Morgan fingerprint density at radius 1 is 1.10 bits per heavy atom. The van der Waals surface area contributed by atoms with Crippen LogP contribution in [0.5, 0.6) is 0 Å². The summed E-state index contributed by atoms with van der Waals surface area (Å²) in [6, 6.07) is 10.2. The second-order valence-corrected chi connectivity index (χ2v) is 10.2. The summed E-state index contributed by atoms with van der Waals surface area (Å²) in [6.45, 7) is -0.624. The van der Waals surface area contributed by atoms with Gasteiger partial charge < -0.3 is 15.6 Å². The first kappa shape index (κ1) is 26.5. The van der Waals surface area contributed by atoms with Crippen LogP contribution in [0, 0.1) is 5.82 Å². The van der Waals surface area contributed by atoms with Crippen LogP contribution in [0.1, 0.15) is 22.5 Å². The normalized spacial score (nSPS) is 17.0. The maximum atomic E-state index is 15.7. The topological polar surface area (TPSA) is 140 Å². The molecule has 1 fully saturated rings. The van der Waals surface area contributed by atoms with Crippen molar-refractivity contribution in [2.45, 2.75) is 31.6 Å². The first-order chi connectivity index (χ1) is 19.7. The summed E-state index contributed by atoms with van der Waals surface area (Å²) in [5.74, 6) is -2.49. The van der Waals surface area contributed by atoms with Crippen LogP contribution < -0.4 is 5.73 Å². The molecule has 208 valence electrons. The Balaban J connectivity index is 1.24. The molecule has 3 aromatic heterocycles. The van der Waals surface area contributed by atoms with Gasteiger partial charge in [0.25, 0.3) is 5.91 Å². The van der Waals surface area contributed by atoms with Crippen molar-refractivity contribution >= 4 is 51.3 Å². The number of carbonyl (C=O) groups excluding carboxylic acids is 3. The van der Waals surface area contributed by atoms with Gasteiger partial charge in [-0.3, -0.25) is 19.1 Å². The Labute approximate surface area is 236 Å². The van der Waals surface area contributed by atoms with E-state index < -0.39 is 35.6 Å². The molecule has 0 unspecified atom stereocenters. The fraction of sp³-hybridized carbons (Fsp3) is 0.214. The summed E-state index contributed by atoms with van der Waals surface area (Å²) in [5, 5.41) is 4.88. The molecular weight excluding hydrogens is 556 g/mol. The standard InChI is InChI=1S/C28H22ClF2N7O3/c29-23-18(10-33-28-26(23)34-13-35-28)16-6-3-4-14(24(16)31)8-21(39)20-9-15(30)11-37(20)22(40)12-38-19-7-2-1-5-17(19)25(36-38)27(32)41/h1-7,10,13,15,20H,8-9,11-12H2,(H2,32,41)(H,33,34,35)/t15-,20+/m1/s1. The van der Waals surface area contributed by atoms with Crippen molar-refractivity contribution < 1.29 is 23.2 Å².